The largest absolute Gasteiger partial charge is 0.480 e. The lowest BCUT2D eigenvalue weighted by molar-refractivity contribution is -0.127. The van der Waals surface area contributed by atoms with E-state index < -0.39 is 6.10 Å². The van der Waals surface area contributed by atoms with E-state index in [1.165, 1.54) is 5.56 Å². The summed E-state index contributed by atoms with van der Waals surface area (Å²) in [4.78, 5) is 12.1. The fourth-order valence-electron chi connectivity index (χ4n) is 2.43. The van der Waals surface area contributed by atoms with Crippen molar-refractivity contribution in [2.45, 2.75) is 33.8 Å². The number of ether oxygens (including phenoxy) is 1. The lowest BCUT2D eigenvalue weighted by Gasteiger charge is -2.14. The van der Waals surface area contributed by atoms with Gasteiger partial charge in [-0.3, -0.25) is 4.79 Å². The summed E-state index contributed by atoms with van der Waals surface area (Å²) in [7, 11) is 0. The highest BCUT2D eigenvalue weighted by molar-refractivity contribution is 9.10. The van der Waals surface area contributed by atoms with Gasteiger partial charge in [0.1, 0.15) is 5.75 Å². The van der Waals surface area contributed by atoms with Crippen LogP contribution in [0.25, 0.3) is 0 Å². The van der Waals surface area contributed by atoms with Gasteiger partial charge in [-0.25, -0.2) is 5.43 Å². The van der Waals surface area contributed by atoms with E-state index in [4.69, 9.17) is 4.74 Å². The molecule has 0 bridgehead atoms. The van der Waals surface area contributed by atoms with E-state index in [-0.39, 0.29) is 5.91 Å². The van der Waals surface area contributed by atoms with E-state index in [0.717, 1.165) is 21.2 Å². The van der Waals surface area contributed by atoms with E-state index in [2.05, 4.69) is 45.5 Å². The van der Waals surface area contributed by atoms with Crippen molar-refractivity contribution in [3.63, 3.8) is 0 Å². The van der Waals surface area contributed by atoms with Crippen molar-refractivity contribution < 1.29 is 9.53 Å². The van der Waals surface area contributed by atoms with Crippen LogP contribution in [-0.4, -0.2) is 18.2 Å². The second kappa shape index (κ2) is 8.11. The highest BCUT2D eigenvalue weighted by Gasteiger charge is 2.15. The summed E-state index contributed by atoms with van der Waals surface area (Å²) in [5, 5.41) is 4.06. The Hall–Kier alpha value is -2.14. The minimum Gasteiger partial charge on any atom is -0.480 e. The molecule has 1 amide bonds. The number of para-hydroxylation sites is 1. The average Bonchev–Trinajstić information content (AvgIpc) is 2.51. The van der Waals surface area contributed by atoms with Crippen molar-refractivity contribution in [1.29, 1.82) is 0 Å². The first-order valence-corrected chi connectivity index (χ1v) is 8.49. The molecule has 0 fully saturated rings. The molecule has 4 nitrogen and oxygen atoms in total. The topological polar surface area (TPSA) is 50.7 Å². The molecule has 2 aromatic carbocycles. The van der Waals surface area contributed by atoms with Crippen LogP contribution in [0.2, 0.25) is 0 Å². The molecule has 24 heavy (non-hydrogen) atoms. The molecule has 0 saturated heterocycles. The van der Waals surface area contributed by atoms with Gasteiger partial charge in [0.15, 0.2) is 6.10 Å². The Kier molecular flexibility index (Phi) is 6.15. The molecular formula is C19H21BrN2O2. The number of halogens is 1. The molecule has 1 atom stereocenters. The number of carbonyl (C=O) groups excluding carboxylic acids is 1. The first-order valence-electron chi connectivity index (χ1n) is 7.70. The molecule has 0 aromatic heterocycles. The number of amides is 1. The van der Waals surface area contributed by atoms with Gasteiger partial charge in [0.2, 0.25) is 0 Å². The monoisotopic (exact) mass is 388 g/mol. The molecule has 0 heterocycles. The van der Waals surface area contributed by atoms with Gasteiger partial charge in [-0.1, -0.05) is 29.8 Å². The number of aryl methyl sites for hydroxylation is 3. The Labute approximate surface area is 151 Å². The van der Waals surface area contributed by atoms with Crippen molar-refractivity contribution in [2.75, 3.05) is 0 Å². The lowest BCUT2D eigenvalue weighted by Crippen LogP contribution is -2.33. The summed E-state index contributed by atoms with van der Waals surface area (Å²) in [6, 6.07) is 11.6. The SMILES string of the molecule is Cc1cc(C)c(/C=N/NC(=O)C(C)Oc2ccccc2Br)c(C)c1. The number of hydrazone groups is 1. The molecule has 126 valence electrons. The van der Waals surface area contributed by atoms with Gasteiger partial charge in [0, 0.05) is 5.56 Å². The van der Waals surface area contributed by atoms with Crippen molar-refractivity contribution in [2.24, 2.45) is 5.10 Å². The smallest absolute Gasteiger partial charge is 0.280 e. The fraction of sp³-hybridized carbons (Fsp3) is 0.263. The van der Waals surface area contributed by atoms with Gasteiger partial charge < -0.3 is 4.74 Å². The molecule has 0 radical (unpaired) electrons. The minimum atomic E-state index is -0.652. The van der Waals surface area contributed by atoms with Gasteiger partial charge in [-0.2, -0.15) is 5.10 Å². The first-order chi connectivity index (χ1) is 11.4. The van der Waals surface area contributed by atoms with Crippen molar-refractivity contribution in [3.05, 3.63) is 63.1 Å². The van der Waals surface area contributed by atoms with Crippen molar-refractivity contribution in [1.82, 2.24) is 5.43 Å². The molecule has 0 aliphatic heterocycles. The third-order valence-corrected chi connectivity index (χ3v) is 4.27. The molecule has 1 unspecified atom stereocenters. The summed E-state index contributed by atoms with van der Waals surface area (Å²) in [6.45, 7) is 7.81. The van der Waals surface area contributed by atoms with Gasteiger partial charge in [-0.05, 0) is 66.9 Å². The van der Waals surface area contributed by atoms with E-state index >= 15 is 0 Å². The van der Waals surface area contributed by atoms with E-state index in [1.54, 1.807) is 19.2 Å². The summed E-state index contributed by atoms with van der Waals surface area (Å²) < 4.78 is 6.44. The van der Waals surface area contributed by atoms with Crippen LogP contribution in [0, 0.1) is 20.8 Å². The molecule has 5 heteroatoms. The van der Waals surface area contributed by atoms with Crippen LogP contribution in [0.4, 0.5) is 0 Å². The molecule has 0 aliphatic rings. The second-order valence-corrected chi connectivity index (χ2v) is 6.59. The van der Waals surface area contributed by atoms with Gasteiger partial charge in [0.05, 0.1) is 10.7 Å². The third kappa shape index (κ3) is 4.68. The highest BCUT2D eigenvalue weighted by Crippen LogP contribution is 2.24. The number of benzene rings is 2. The first kappa shape index (κ1) is 18.2. The standard InChI is InChI=1S/C19H21BrN2O2/c1-12-9-13(2)16(14(3)10-12)11-21-22-19(23)15(4)24-18-8-6-5-7-17(18)20/h5-11,15H,1-4H3,(H,22,23)/b21-11+. The van der Waals surface area contributed by atoms with Crippen molar-refractivity contribution >= 4 is 28.1 Å². The number of rotatable bonds is 5. The molecule has 0 saturated carbocycles. The minimum absolute atomic E-state index is 0.301. The van der Waals surface area contributed by atoms with Gasteiger partial charge >= 0.3 is 0 Å². The third-order valence-electron chi connectivity index (χ3n) is 3.62. The maximum Gasteiger partial charge on any atom is 0.280 e. The van der Waals surface area contributed by atoms with Crippen LogP contribution in [0.3, 0.4) is 0 Å². The van der Waals surface area contributed by atoms with Crippen LogP contribution >= 0.6 is 15.9 Å². The number of hydrogen-bond donors (Lipinski definition) is 1. The summed E-state index contributed by atoms with van der Waals surface area (Å²) in [5.74, 6) is 0.318. The maximum atomic E-state index is 12.1. The van der Waals surface area contributed by atoms with Crippen LogP contribution in [0.5, 0.6) is 5.75 Å². The number of carbonyl (C=O) groups is 1. The molecular weight excluding hydrogens is 368 g/mol. The predicted molar refractivity (Wildman–Crippen MR) is 101 cm³/mol. The van der Waals surface area contributed by atoms with E-state index in [9.17, 15) is 4.79 Å². The van der Waals surface area contributed by atoms with Gasteiger partial charge in [0.25, 0.3) is 5.91 Å². The zero-order valence-electron chi connectivity index (χ0n) is 14.3. The van der Waals surface area contributed by atoms with Gasteiger partial charge in [-0.15, -0.1) is 0 Å². The molecule has 2 aromatic rings. The summed E-state index contributed by atoms with van der Waals surface area (Å²) >= 11 is 3.39. The summed E-state index contributed by atoms with van der Waals surface area (Å²) in [6.07, 6.45) is 1.02. The maximum absolute atomic E-state index is 12.1. The molecule has 2 rings (SSSR count). The normalized spacial score (nSPS) is 12.2. The number of hydrogen-bond acceptors (Lipinski definition) is 3. The van der Waals surface area contributed by atoms with E-state index in [0.29, 0.717) is 5.75 Å². The lowest BCUT2D eigenvalue weighted by atomic mass is 10.0. The van der Waals surface area contributed by atoms with Crippen LogP contribution in [-0.2, 0) is 4.79 Å². The quantitative estimate of drug-likeness (QED) is 0.613. The highest BCUT2D eigenvalue weighted by atomic mass is 79.9. The molecule has 0 aliphatic carbocycles. The Morgan fingerprint density at radius 1 is 1.21 bits per heavy atom. The van der Waals surface area contributed by atoms with Crippen molar-refractivity contribution in [3.8, 4) is 5.75 Å². The number of nitrogens with one attached hydrogen (secondary N) is 1. The predicted octanol–water partition coefficient (Wildman–Crippen LogP) is 4.29. The fourth-order valence-corrected chi connectivity index (χ4v) is 2.81. The second-order valence-electron chi connectivity index (χ2n) is 5.74. The summed E-state index contributed by atoms with van der Waals surface area (Å²) in [5.41, 5.74) is 7.01. The van der Waals surface area contributed by atoms with Crippen LogP contribution < -0.4 is 10.2 Å². The average molecular weight is 389 g/mol. The Balaban J connectivity index is 1.99. The van der Waals surface area contributed by atoms with Crippen LogP contribution in [0.1, 0.15) is 29.2 Å². The Bertz CT molecular complexity index is 749. The number of nitrogens with zero attached hydrogens (tertiary/aromatic N) is 1. The Morgan fingerprint density at radius 2 is 1.83 bits per heavy atom. The Morgan fingerprint density at radius 3 is 2.46 bits per heavy atom. The molecule has 1 N–H and O–H groups in total. The zero-order valence-corrected chi connectivity index (χ0v) is 15.8. The van der Waals surface area contributed by atoms with E-state index in [1.807, 2.05) is 32.0 Å². The molecule has 0 spiro atoms. The zero-order chi connectivity index (χ0) is 17.7. The van der Waals surface area contributed by atoms with Crippen LogP contribution in [0.15, 0.2) is 46.0 Å².